The Balaban J connectivity index is 2.66. The fourth-order valence-electron chi connectivity index (χ4n) is 2.53. The van der Waals surface area contributed by atoms with E-state index in [9.17, 15) is 5.11 Å². The van der Waals surface area contributed by atoms with Crippen LogP contribution < -0.4 is 5.32 Å². The van der Waals surface area contributed by atoms with E-state index in [1.165, 1.54) is 9.88 Å². The molecule has 116 valence electrons. The molecule has 4 heteroatoms. The molecule has 0 saturated carbocycles. The fraction of sp³-hybridized carbons (Fsp3) is 0.812. The van der Waals surface area contributed by atoms with Crippen molar-refractivity contribution in [1.29, 1.82) is 0 Å². The van der Waals surface area contributed by atoms with Gasteiger partial charge in [-0.1, -0.05) is 34.6 Å². The van der Waals surface area contributed by atoms with Crippen molar-refractivity contribution in [1.82, 2.24) is 10.3 Å². The van der Waals surface area contributed by atoms with Crippen LogP contribution in [0.4, 0.5) is 0 Å². The van der Waals surface area contributed by atoms with E-state index in [0.717, 1.165) is 18.7 Å². The van der Waals surface area contributed by atoms with Gasteiger partial charge in [-0.3, -0.25) is 0 Å². The van der Waals surface area contributed by atoms with Gasteiger partial charge in [0.2, 0.25) is 0 Å². The topological polar surface area (TPSA) is 45.2 Å². The molecule has 0 bridgehead atoms. The van der Waals surface area contributed by atoms with Crippen LogP contribution in [0, 0.1) is 18.3 Å². The van der Waals surface area contributed by atoms with Crippen LogP contribution in [0.2, 0.25) is 0 Å². The van der Waals surface area contributed by atoms with Gasteiger partial charge in [-0.25, -0.2) is 4.98 Å². The van der Waals surface area contributed by atoms with Crippen LogP contribution >= 0.6 is 11.3 Å². The van der Waals surface area contributed by atoms with E-state index in [2.05, 4.69) is 58.8 Å². The van der Waals surface area contributed by atoms with Gasteiger partial charge < -0.3 is 10.4 Å². The average Bonchev–Trinajstić information content (AvgIpc) is 2.76. The third-order valence-corrected chi connectivity index (χ3v) is 5.35. The number of aromatic nitrogens is 1. The number of nitrogens with one attached hydrogen (secondary N) is 1. The molecule has 0 amide bonds. The molecule has 0 aliphatic carbocycles. The van der Waals surface area contributed by atoms with Crippen LogP contribution in [0.3, 0.4) is 0 Å². The molecule has 1 rings (SSSR count). The minimum absolute atomic E-state index is 0.130. The standard InChI is InChI=1S/C16H30N2OS/c1-8-13-18-12(5)14(20-13)11(4)17-9-16(6,7)15(19)10(2)3/h10-11,15,17,19H,8-9H2,1-7H3. The van der Waals surface area contributed by atoms with Crippen LogP contribution in [-0.4, -0.2) is 22.7 Å². The van der Waals surface area contributed by atoms with E-state index in [-0.39, 0.29) is 23.5 Å². The second kappa shape index (κ2) is 7.01. The van der Waals surface area contributed by atoms with Gasteiger partial charge in [-0.15, -0.1) is 11.3 Å². The maximum Gasteiger partial charge on any atom is 0.0928 e. The predicted octanol–water partition coefficient (Wildman–Crippen LogP) is 3.71. The van der Waals surface area contributed by atoms with Gasteiger partial charge in [0.15, 0.2) is 0 Å². The molecule has 0 aliphatic heterocycles. The van der Waals surface area contributed by atoms with Crippen molar-refractivity contribution < 1.29 is 5.11 Å². The number of hydrogen-bond acceptors (Lipinski definition) is 4. The van der Waals surface area contributed by atoms with Crippen molar-refractivity contribution >= 4 is 11.3 Å². The molecule has 1 heterocycles. The highest BCUT2D eigenvalue weighted by Gasteiger charge is 2.30. The first-order chi connectivity index (χ1) is 9.19. The van der Waals surface area contributed by atoms with Gasteiger partial charge in [0.1, 0.15) is 0 Å². The molecular formula is C16H30N2OS. The first-order valence-electron chi connectivity index (χ1n) is 7.56. The van der Waals surface area contributed by atoms with Crippen molar-refractivity contribution in [2.24, 2.45) is 11.3 Å². The monoisotopic (exact) mass is 298 g/mol. The van der Waals surface area contributed by atoms with Gasteiger partial charge in [0.05, 0.1) is 16.8 Å². The second-order valence-corrected chi connectivity index (χ2v) is 7.81. The minimum Gasteiger partial charge on any atom is -0.392 e. The molecule has 0 aliphatic rings. The fourth-order valence-corrected chi connectivity index (χ4v) is 3.57. The number of aryl methyl sites for hydroxylation is 2. The molecular weight excluding hydrogens is 268 g/mol. The summed E-state index contributed by atoms with van der Waals surface area (Å²) in [4.78, 5) is 5.90. The second-order valence-electron chi connectivity index (χ2n) is 6.69. The van der Waals surface area contributed by atoms with E-state index in [4.69, 9.17) is 0 Å². The molecule has 3 nitrogen and oxygen atoms in total. The molecule has 0 spiro atoms. The lowest BCUT2D eigenvalue weighted by Gasteiger charge is -2.34. The number of aliphatic hydroxyl groups excluding tert-OH is 1. The minimum atomic E-state index is -0.295. The van der Waals surface area contributed by atoms with Crippen LogP contribution in [0.1, 0.15) is 63.2 Å². The zero-order chi connectivity index (χ0) is 15.5. The summed E-state index contributed by atoms with van der Waals surface area (Å²) in [5.41, 5.74) is 1.00. The van der Waals surface area contributed by atoms with Crippen molar-refractivity contribution in [3.8, 4) is 0 Å². The van der Waals surface area contributed by atoms with Gasteiger partial charge >= 0.3 is 0 Å². The Bertz CT molecular complexity index is 426. The van der Waals surface area contributed by atoms with Crippen molar-refractivity contribution in [2.45, 2.75) is 67.0 Å². The lowest BCUT2D eigenvalue weighted by atomic mass is 9.80. The van der Waals surface area contributed by atoms with Gasteiger partial charge in [-0.05, 0) is 26.2 Å². The van der Waals surface area contributed by atoms with Crippen LogP contribution in [0.15, 0.2) is 0 Å². The van der Waals surface area contributed by atoms with E-state index >= 15 is 0 Å². The highest BCUT2D eigenvalue weighted by Crippen LogP contribution is 2.29. The number of nitrogens with zero attached hydrogens (tertiary/aromatic N) is 1. The largest absolute Gasteiger partial charge is 0.392 e. The zero-order valence-corrected chi connectivity index (χ0v) is 14.8. The number of hydrogen-bond donors (Lipinski definition) is 2. The first-order valence-corrected chi connectivity index (χ1v) is 8.38. The molecule has 0 fully saturated rings. The zero-order valence-electron chi connectivity index (χ0n) is 13.9. The Labute approximate surface area is 127 Å². The normalized spacial score (nSPS) is 15.7. The quantitative estimate of drug-likeness (QED) is 0.806. The number of aliphatic hydroxyl groups is 1. The molecule has 0 radical (unpaired) electrons. The molecule has 2 N–H and O–H groups in total. The summed E-state index contributed by atoms with van der Waals surface area (Å²) < 4.78 is 0. The van der Waals surface area contributed by atoms with Crippen LogP contribution in [0.5, 0.6) is 0 Å². The molecule has 1 aromatic heterocycles. The summed E-state index contributed by atoms with van der Waals surface area (Å²) in [7, 11) is 0. The lowest BCUT2D eigenvalue weighted by Crippen LogP contribution is -2.42. The first kappa shape index (κ1) is 17.6. The van der Waals surface area contributed by atoms with Crippen molar-refractivity contribution in [3.05, 3.63) is 15.6 Å². The van der Waals surface area contributed by atoms with Gasteiger partial charge in [0.25, 0.3) is 0 Å². The smallest absolute Gasteiger partial charge is 0.0928 e. The van der Waals surface area contributed by atoms with E-state index in [0.29, 0.717) is 0 Å². The predicted molar refractivity (Wildman–Crippen MR) is 87.3 cm³/mol. The molecule has 20 heavy (non-hydrogen) atoms. The Morgan fingerprint density at radius 2 is 1.90 bits per heavy atom. The van der Waals surface area contributed by atoms with Crippen LogP contribution in [0.25, 0.3) is 0 Å². The molecule has 1 aromatic rings. The summed E-state index contributed by atoms with van der Waals surface area (Å²) in [6, 6.07) is 0.284. The highest BCUT2D eigenvalue weighted by molar-refractivity contribution is 7.11. The van der Waals surface area contributed by atoms with E-state index < -0.39 is 0 Å². The summed E-state index contributed by atoms with van der Waals surface area (Å²) in [6.07, 6.45) is 0.700. The Morgan fingerprint density at radius 1 is 1.30 bits per heavy atom. The Hall–Kier alpha value is -0.450. The molecule has 2 atom stereocenters. The SMILES string of the molecule is CCc1nc(C)c(C(C)NCC(C)(C)C(O)C(C)C)s1. The average molecular weight is 298 g/mol. The molecule has 2 unspecified atom stereocenters. The summed E-state index contributed by atoms with van der Waals surface area (Å²) >= 11 is 1.80. The van der Waals surface area contributed by atoms with Gasteiger partial charge in [-0.2, -0.15) is 0 Å². The molecule has 0 saturated heterocycles. The van der Waals surface area contributed by atoms with Crippen LogP contribution in [-0.2, 0) is 6.42 Å². The van der Waals surface area contributed by atoms with Crippen molar-refractivity contribution in [2.75, 3.05) is 6.54 Å². The maximum absolute atomic E-state index is 10.3. The third-order valence-electron chi connectivity index (χ3n) is 3.87. The lowest BCUT2D eigenvalue weighted by molar-refractivity contribution is 0.0124. The molecule has 0 aromatic carbocycles. The van der Waals surface area contributed by atoms with E-state index in [1.807, 2.05) is 0 Å². The Kier molecular flexibility index (Phi) is 6.17. The third kappa shape index (κ3) is 4.27. The number of thiazole rings is 1. The van der Waals surface area contributed by atoms with E-state index in [1.54, 1.807) is 11.3 Å². The van der Waals surface area contributed by atoms with Crippen molar-refractivity contribution in [3.63, 3.8) is 0 Å². The summed E-state index contributed by atoms with van der Waals surface area (Å²) in [5.74, 6) is 0.277. The number of rotatable bonds is 7. The van der Waals surface area contributed by atoms with Gasteiger partial charge in [0, 0.05) is 22.9 Å². The highest BCUT2D eigenvalue weighted by atomic mass is 32.1. The summed E-state index contributed by atoms with van der Waals surface area (Å²) in [5, 5.41) is 15.0. The summed E-state index contributed by atoms with van der Waals surface area (Å²) in [6.45, 7) is 15.6. The Morgan fingerprint density at radius 3 is 2.35 bits per heavy atom. The maximum atomic E-state index is 10.3.